The third-order valence-electron chi connectivity index (χ3n) is 7.90. The number of hydrogen-bond acceptors (Lipinski definition) is 1. The number of fused-ring (bicyclic) bond motifs is 6. The van der Waals surface area contributed by atoms with Crippen molar-refractivity contribution in [3.63, 3.8) is 0 Å². The molecule has 1 aliphatic carbocycles. The maximum atomic E-state index is 4.48. The molecule has 186 valence electrons. The summed E-state index contributed by atoms with van der Waals surface area (Å²) in [6.07, 6.45) is 14.1. The Morgan fingerprint density at radius 1 is 0.744 bits per heavy atom. The number of rotatable bonds is 4. The molecule has 0 amide bonds. The molecule has 0 fully saturated rings. The summed E-state index contributed by atoms with van der Waals surface area (Å²) in [6.45, 7) is 6.72. The molecule has 0 spiro atoms. The normalized spacial score (nSPS) is 14.8. The summed E-state index contributed by atoms with van der Waals surface area (Å²) < 4.78 is 2.63. The molecule has 39 heavy (non-hydrogen) atoms. The van der Waals surface area contributed by atoms with Crippen molar-refractivity contribution < 1.29 is 0 Å². The van der Waals surface area contributed by atoms with E-state index in [1.54, 1.807) is 0 Å². The fourth-order valence-corrected chi connectivity index (χ4v) is 6.99. The Labute approximate surface area is 233 Å². The van der Waals surface area contributed by atoms with E-state index in [0.717, 1.165) is 17.6 Å². The smallest absolute Gasteiger partial charge is 0.0361 e. The first kappa shape index (κ1) is 23.6. The molecule has 5 aromatic carbocycles. The molecule has 0 radical (unpaired) electrons. The molecule has 0 nitrogen and oxygen atoms in total. The second-order valence-electron chi connectivity index (χ2n) is 10.2. The molecule has 0 atom stereocenters. The zero-order valence-corrected chi connectivity index (χ0v) is 22.8. The molecule has 0 saturated heterocycles. The number of benzene rings is 5. The number of hydrogen-bond donors (Lipinski definition) is 0. The molecule has 1 aliphatic rings. The Morgan fingerprint density at radius 3 is 2.33 bits per heavy atom. The minimum atomic E-state index is 0.927. The zero-order chi connectivity index (χ0) is 26.3. The predicted octanol–water partition coefficient (Wildman–Crippen LogP) is 11.2. The van der Waals surface area contributed by atoms with E-state index in [-0.39, 0.29) is 0 Å². The van der Waals surface area contributed by atoms with Gasteiger partial charge in [0.05, 0.1) is 0 Å². The topological polar surface area (TPSA) is 0 Å². The average Bonchev–Trinajstić information content (AvgIpc) is 3.37. The average molecular weight is 517 g/mol. The lowest BCUT2D eigenvalue weighted by Crippen LogP contribution is -1.94. The van der Waals surface area contributed by atoms with Crippen molar-refractivity contribution in [2.24, 2.45) is 0 Å². The quantitative estimate of drug-likeness (QED) is 0.204. The van der Waals surface area contributed by atoms with Crippen molar-refractivity contribution in [3.8, 4) is 0 Å². The molecular weight excluding hydrogens is 488 g/mol. The van der Waals surface area contributed by atoms with Gasteiger partial charge in [0, 0.05) is 20.2 Å². The van der Waals surface area contributed by atoms with E-state index in [4.69, 9.17) is 0 Å². The molecule has 0 saturated carbocycles. The minimum absolute atomic E-state index is 0.927. The van der Waals surface area contributed by atoms with E-state index >= 15 is 0 Å². The van der Waals surface area contributed by atoms with Gasteiger partial charge in [-0.2, -0.15) is 0 Å². The minimum Gasteiger partial charge on any atom is -0.135 e. The summed E-state index contributed by atoms with van der Waals surface area (Å²) in [5.41, 5.74) is 7.35. The van der Waals surface area contributed by atoms with Crippen LogP contribution in [0.25, 0.3) is 52.9 Å². The summed E-state index contributed by atoms with van der Waals surface area (Å²) in [4.78, 5) is 0. The lowest BCUT2D eigenvalue weighted by molar-refractivity contribution is 1.26. The molecule has 0 N–H and O–H groups in total. The maximum absolute atomic E-state index is 4.48. The Balaban J connectivity index is 1.29. The zero-order valence-electron chi connectivity index (χ0n) is 21.9. The van der Waals surface area contributed by atoms with Gasteiger partial charge < -0.3 is 0 Å². The van der Waals surface area contributed by atoms with E-state index in [1.165, 1.54) is 64.0 Å². The molecule has 7 rings (SSSR count). The van der Waals surface area contributed by atoms with Crippen LogP contribution in [0, 0.1) is 6.92 Å². The molecule has 0 aliphatic heterocycles. The van der Waals surface area contributed by atoms with Crippen LogP contribution in [0.15, 0.2) is 140 Å². The summed E-state index contributed by atoms with van der Waals surface area (Å²) in [7, 11) is 0. The van der Waals surface area contributed by atoms with Gasteiger partial charge in [0.15, 0.2) is 0 Å². The van der Waals surface area contributed by atoms with E-state index in [0.29, 0.717) is 0 Å². The van der Waals surface area contributed by atoms with Crippen LogP contribution in [0.2, 0.25) is 0 Å². The molecule has 6 aromatic rings. The summed E-state index contributed by atoms with van der Waals surface area (Å²) in [5, 5.41) is 7.87. The molecule has 0 unspecified atom stereocenters. The first-order valence-electron chi connectivity index (χ1n) is 13.4. The van der Waals surface area contributed by atoms with E-state index in [9.17, 15) is 0 Å². The monoisotopic (exact) mass is 516 g/mol. The van der Waals surface area contributed by atoms with E-state index in [2.05, 4.69) is 141 Å². The van der Waals surface area contributed by atoms with Gasteiger partial charge in [-0.3, -0.25) is 0 Å². The van der Waals surface area contributed by atoms with Gasteiger partial charge in [-0.05, 0) is 80.4 Å². The SMILES string of the molecule is C=C(/C=C\C(=C1\C=CC=CC1)c1ccc2ccccc2c1C)c1ccc2c(c1)sc1ccc3ccccc3c12. The van der Waals surface area contributed by atoms with E-state index in [1.807, 2.05) is 11.3 Å². The first-order valence-corrected chi connectivity index (χ1v) is 14.3. The van der Waals surface area contributed by atoms with Gasteiger partial charge in [0.2, 0.25) is 0 Å². The van der Waals surface area contributed by atoms with Crippen LogP contribution in [0.1, 0.15) is 23.1 Å². The maximum Gasteiger partial charge on any atom is 0.0361 e. The number of allylic oxidation sites excluding steroid dienone is 9. The van der Waals surface area contributed by atoms with Crippen LogP contribution in [0.4, 0.5) is 0 Å². The summed E-state index contributed by atoms with van der Waals surface area (Å²) in [6, 6.07) is 33.1. The second kappa shape index (κ2) is 9.69. The van der Waals surface area contributed by atoms with E-state index < -0.39 is 0 Å². The van der Waals surface area contributed by atoms with Gasteiger partial charge in [-0.15, -0.1) is 11.3 Å². The van der Waals surface area contributed by atoms with Gasteiger partial charge in [-0.1, -0.05) is 122 Å². The fraction of sp³-hybridized carbons (Fsp3) is 0.0526. The highest BCUT2D eigenvalue weighted by molar-refractivity contribution is 7.26. The highest BCUT2D eigenvalue weighted by Crippen LogP contribution is 2.40. The third-order valence-corrected chi connectivity index (χ3v) is 9.02. The summed E-state index contributed by atoms with van der Waals surface area (Å²) >= 11 is 1.86. The second-order valence-corrected chi connectivity index (χ2v) is 11.3. The highest BCUT2D eigenvalue weighted by Gasteiger charge is 2.12. The Hall–Kier alpha value is -4.46. The standard InChI is InChI=1S/C38H28S/c1-25(30-18-22-35-37(24-30)39-36-23-19-29-13-7-9-15-34(29)38(35)36)16-20-33(27-10-4-3-5-11-27)32-21-17-28-12-6-8-14-31(28)26(32)2/h3-10,12-24H,1,11H2,2H3/b20-16-,33-27+. The lowest BCUT2D eigenvalue weighted by atomic mass is 9.89. The van der Waals surface area contributed by atoms with Crippen LogP contribution in [0.3, 0.4) is 0 Å². The van der Waals surface area contributed by atoms with Crippen LogP contribution >= 0.6 is 11.3 Å². The first-order chi connectivity index (χ1) is 19.2. The molecular formula is C38H28S. The molecule has 1 heteroatoms. The molecule has 1 heterocycles. The van der Waals surface area contributed by atoms with Crippen LogP contribution in [0.5, 0.6) is 0 Å². The Kier molecular flexibility index (Phi) is 5.87. The van der Waals surface area contributed by atoms with Crippen molar-refractivity contribution in [3.05, 3.63) is 156 Å². The largest absolute Gasteiger partial charge is 0.135 e. The number of thiophene rings is 1. The van der Waals surface area contributed by atoms with Crippen molar-refractivity contribution in [2.75, 3.05) is 0 Å². The van der Waals surface area contributed by atoms with Crippen molar-refractivity contribution in [1.82, 2.24) is 0 Å². The molecule has 0 bridgehead atoms. The van der Waals surface area contributed by atoms with Gasteiger partial charge in [0.25, 0.3) is 0 Å². The Morgan fingerprint density at radius 2 is 1.51 bits per heavy atom. The van der Waals surface area contributed by atoms with Gasteiger partial charge >= 0.3 is 0 Å². The van der Waals surface area contributed by atoms with Gasteiger partial charge in [0.1, 0.15) is 0 Å². The van der Waals surface area contributed by atoms with Gasteiger partial charge in [-0.25, -0.2) is 0 Å². The van der Waals surface area contributed by atoms with Crippen LogP contribution < -0.4 is 0 Å². The molecule has 1 aromatic heterocycles. The third kappa shape index (κ3) is 4.16. The highest BCUT2D eigenvalue weighted by atomic mass is 32.1. The van der Waals surface area contributed by atoms with Crippen molar-refractivity contribution in [1.29, 1.82) is 0 Å². The van der Waals surface area contributed by atoms with Crippen LogP contribution in [-0.2, 0) is 0 Å². The number of aryl methyl sites for hydroxylation is 1. The van der Waals surface area contributed by atoms with Crippen molar-refractivity contribution >= 4 is 64.2 Å². The van der Waals surface area contributed by atoms with Crippen molar-refractivity contribution in [2.45, 2.75) is 13.3 Å². The predicted molar refractivity (Wildman–Crippen MR) is 174 cm³/mol. The fourth-order valence-electron chi connectivity index (χ4n) is 5.83. The Bertz CT molecular complexity index is 2060. The lowest BCUT2D eigenvalue weighted by Gasteiger charge is -2.15. The van der Waals surface area contributed by atoms with Crippen LogP contribution in [-0.4, -0.2) is 0 Å². The summed E-state index contributed by atoms with van der Waals surface area (Å²) in [5.74, 6) is 0.